The molecule has 0 saturated carbocycles. The van der Waals surface area contributed by atoms with Crippen molar-refractivity contribution in [2.24, 2.45) is 5.92 Å². The molecule has 0 aromatic heterocycles. The number of amides is 2. The molecule has 0 atom stereocenters. The number of hydrogen-bond acceptors (Lipinski definition) is 7. The molecule has 170 valence electrons. The van der Waals surface area contributed by atoms with E-state index in [1.54, 1.807) is 0 Å². The Bertz CT molecular complexity index is 855. The van der Waals surface area contributed by atoms with Crippen molar-refractivity contribution in [3.05, 3.63) is 34.1 Å². The summed E-state index contributed by atoms with van der Waals surface area (Å²) in [4.78, 5) is 46.2. The third kappa shape index (κ3) is 7.38. The van der Waals surface area contributed by atoms with Crippen molar-refractivity contribution < 1.29 is 46.3 Å². The van der Waals surface area contributed by atoms with Gasteiger partial charge < -0.3 is 19.7 Å². The Morgan fingerprint density at radius 1 is 1.19 bits per heavy atom. The fraction of sp³-hybridized carbons (Fsp3) is 0.471. The minimum atomic E-state index is -4.64. The zero-order valence-electron chi connectivity index (χ0n) is 15.8. The molecule has 1 fully saturated rings. The second-order valence-electron chi connectivity index (χ2n) is 6.51. The van der Waals surface area contributed by atoms with Crippen molar-refractivity contribution in [3.8, 4) is 0 Å². The van der Waals surface area contributed by atoms with Crippen LogP contribution in [-0.4, -0.2) is 60.3 Å². The third-order valence-corrected chi connectivity index (χ3v) is 4.22. The molecule has 1 aromatic carbocycles. The number of piperidine rings is 1. The lowest BCUT2D eigenvalue weighted by Gasteiger charge is -2.30. The van der Waals surface area contributed by atoms with Crippen molar-refractivity contribution in [1.82, 2.24) is 4.90 Å². The summed E-state index contributed by atoms with van der Waals surface area (Å²) in [6, 6.07) is 2.70. The van der Waals surface area contributed by atoms with Gasteiger partial charge in [0.15, 0.2) is 13.2 Å². The Morgan fingerprint density at radius 3 is 2.42 bits per heavy atom. The van der Waals surface area contributed by atoms with Gasteiger partial charge in [-0.1, -0.05) is 0 Å². The highest BCUT2D eigenvalue weighted by Gasteiger charge is 2.33. The SMILES string of the molecule is O=C(COC(=O)C1CCN(C(=O)OCC(F)(F)F)CC1)Nc1ccc(F)c([N+](=O)[O-])c1. The van der Waals surface area contributed by atoms with E-state index in [1.807, 2.05) is 0 Å². The van der Waals surface area contributed by atoms with Crippen LogP contribution in [-0.2, 0) is 19.1 Å². The minimum absolute atomic E-state index is 0.0259. The van der Waals surface area contributed by atoms with Crippen LogP contribution in [0.4, 0.5) is 33.7 Å². The van der Waals surface area contributed by atoms with Crippen LogP contribution in [0.5, 0.6) is 0 Å². The number of ether oxygens (including phenoxy) is 2. The van der Waals surface area contributed by atoms with E-state index in [9.17, 15) is 42.1 Å². The Hall–Kier alpha value is -3.45. The third-order valence-electron chi connectivity index (χ3n) is 4.22. The van der Waals surface area contributed by atoms with Gasteiger partial charge in [0.1, 0.15) is 0 Å². The van der Waals surface area contributed by atoms with Gasteiger partial charge in [-0.05, 0) is 25.0 Å². The zero-order chi connectivity index (χ0) is 23.2. The first-order chi connectivity index (χ1) is 14.5. The van der Waals surface area contributed by atoms with E-state index in [1.165, 1.54) is 0 Å². The molecule has 0 bridgehead atoms. The molecule has 0 spiro atoms. The van der Waals surface area contributed by atoms with Crippen LogP contribution in [0, 0.1) is 21.8 Å². The summed E-state index contributed by atoms with van der Waals surface area (Å²) in [5.74, 6) is -3.32. The first kappa shape index (κ1) is 23.8. The highest BCUT2D eigenvalue weighted by molar-refractivity contribution is 5.93. The summed E-state index contributed by atoms with van der Waals surface area (Å²) in [5.41, 5.74) is -0.907. The first-order valence-electron chi connectivity index (χ1n) is 8.85. The van der Waals surface area contributed by atoms with Crippen LogP contribution in [0.25, 0.3) is 0 Å². The van der Waals surface area contributed by atoms with Crippen molar-refractivity contribution in [3.63, 3.8) is 0 Å². The van der Waals surface area contributed by atoms with E-state index in [2.05, 4.69) is 10.1 Å². The number of benzene rings is 1. The number of carbonyl (C=O) groups is 3. The van der Waals surface area contributed by atoms with E-state index in [0.717, 1.165) is 23.1 Å². The quantitative estimate of drug-likeness (QED) is 0.305. The maximum absolute atomic E-state index is 13.3. The van der Waals surface area contributed by atoms with Crippen molar-refractivity contribution in [2.75, 3.05) is 31.6 Å². The summed E-state index contributed by atoms with van der Waals surface area (Å²) >= 11 is 0. The van der Waals surface area contributed by atoms with E-state index < -0.39 is 59.7 Å². The van der Waals surface area contributed by atoms with E-state index in [0.29, 0.717) is 0 Å². The lowest BCUT2D eigenvalue weighted by atomic mass is 9.97. The Kier molecular flexibility index (Phi) is 7.72. The maximum atomic E-state index is 13.3. The number of rotatable bonds is 6. The van der Waals surface area contributed by atoms with E-state index >= 15 is 0 Å². The minimum Gasteiger partial charge on any atom is -0.455 e. The summed E-state index contributed by atoms with van der Waals surface area (Å²) in [6.07, 6.45) is -5.58. The molecule has 1 aliphatic rings. The molecule has 0 radical (unpaired) electrons. The van der Waals surface area contributed by atoms with Crippen LogP contribution in [0.2, 0.25) is 0 Å². The number of alkyl halides is 3. The normalized spacial score (nSPS) is 14.6. The average Bonchev–Trinajstić information content (AvgIpc) is 2.71. The highest BCUT2D eigenvalue weighted by Crippen LogP contribution is 2.22. The van der Waals surface area contributed by atoms with Gasteiger partial charge in [-0.3, -0.25) is 19.7 Å². The molecule has 2 amide bonds. The predicted molar refractivity (Wildman–Crippen MR) is 94.3 cm³/mol. The number of carbonyl (C=O) groups excluding carboxylic acids is 3. The predicted octanol–water partition coefficient (Wildman–Crippen LogP) is 2.63. The largest absolute Gasteiger partial charge is 0.455 e. The maximum Gasteiger partial charge on any atom is 0.422 e. The molecule has 1 heterocycles. The van der Waals surface area contributed by atoms with Crippen LogP contribution in [0.1, 0.15) is 12.8 Å². The van der Waals surface area contributed by atoms with E-state index in [4.69, 9.17) is 4.74 Å². The summed E-state index contributed by atoms with van der Waals surface area (Å²) in [6.45, 7) is -2.47. The molecule has 10 nitrogen and oxygen atoms in total. The van der Waals surface area contributed by atoms with Gasteiger partial charge in [-0.15, -0.1) is 0 Å². The van der Waals surface area contributed by atoms with Gasteiger partial charge in [0.05, 0.1) is 10.8 Å². The summed E-state index contributed by atoms with van der Waals surface area (Å²) < 4.78 is 58.5. The number of halogens is 4. The van der Waals surface area contributed by atoms with Gasteiger partial charge in [-0.2, -0.15) is 17.6 Å². The van der Waals surface area contributed by atoms with Crippen molar-refractivity contribution >= 4 is 29.3 Å². The fourth-order valence-corrected chi connectivity index (χ4v) is 2.71. The monoisotopic (exact) mass is 451 g/mol. The topological polar surface area (TPSA) is 128 Å². The molecule has 1 N–H and O–H groups in total. The highest BCUT2D eigenvalue weighted by atomic mass is 19.4. The number of nitro groups is 1. The van der Waals surface area contributed by atoms with Crippen LogP contribution >= 0.6 is 0 Å². The van der Waals surface area contributed by atoms with Crippen molar-refractivity contribution in [2.45, 2.75) is 19.0 Å². The number of likely N-dealkylation sites (tertiary alicyclic amines) is 1. The summed E-state index contributed by atoms with van der Waals surface area (Å²) in [7, 11) is 0. The standard InChI is InChI=1S/C17H17F4N3O7/c18-12-2-1-11(7-13(12)24(28)29)22-14(25)8-30-15(26)10-3-5-23(6-4-10)16(27)31-9-17(19,20)21/h1-2,7,10H,3-6,8-9H2,(H,22,25). The Labute approximate surface area is 172 Å². The zero-order valence-corrected chi connectivity index (χ0v) is 15.8. The molecule has 1 aromatic rings. The second kappa shape index (κ2) is 10.0. The van der Waals surface area contributed by atoms with E-state index in [-0.39, 0.29) is 31.6 Å². The molecular formula is C17H17F4N3O7. The number of nitro benzene ring substituents is 1. The van der Waals surface area contributed by atoms with Crippen LogP contribution in [0.15, 0.2) is 18.2 Å². The van der Waals surface area contributed by atoms with Gasteiger partial charge in [0.2, 0.25) is 5.82 Å². The molecular weight excluding hydrogens is 434 g/mol. The lowest BCUT2D eigenvalue weighted by Crippen LogP contribution is -2.42. The fourth-order valence-electron chi connectivity index (χ4n) is 2.71. The molecule has 14 heteroatoms. The molecule has 1 saturated heterocycles. The molecule has 2 rings (SSSR count). The molecule has 31 heavy (non-hydrogen) atoms. The Balaban J connectivity index is 1.76. The average molecular weight is 451 g/mol. The van der Waals surface area contributed by atoms with Crippen LogP contribution < -0.4 is 5.32 Å². The van der Waals surface area contributed by atoms with Gasteiger partial charge >= 0.3 is 23.9 Å². The Morgan fingerprint density at radius 2 is 1.84 bits per heavy atom. The number of nitrogens with one attached hydrogen (secondary N) is 1. The lowest BCUT2D eigenvalue weighted by molar-refractivity contribution is -0.387. The number of anilines is 1. The van der Waals surface area contributed by atoms with Gasteiger partial charge in [-0.25, -0.2) is 4.79 Å². The number of esters is 1. The second-order valence-corrected chi connectivity index (χ2v) is 6.51. The summed E-state index contributed by atoms with van der Waals surface area (Å²) in [5, 5.41) is 12.9. The molecule has 0 unspecified atom stereocenters. The smallest absolute Gasteiger partial charge is 0.422 e. The van der Waals surface area contributed by atoms with Crippen LogP contribution in [0.3, 0.4) is 0 Å². The first-order valence-corrected chi connectivity index (χ1v) is 8.85. The van der Waals surface area contributed by atoms with Gasteiger partial charge in [0, 0.05) is 24.8 Å². The number of hydrogen-bond donors (Lipinski definition) is 1. The van der Waals surface area contributed by atoms with Gasteiger partial charge in [0.25, 0.3) is 5.91 Å². The molecule has 0 aliphatic carbocycles. The van der Waals surface area contributed by atoms with Crippen molar-refractivity contribution in [1.29, 1.82) is 0 Å². The number of nitrogens with zero attached hydrogens (tertiary/aromatic N) is 2. The molecule has 1 aliphatic heterocycles.